The molecule has 2 nitrogen and oxygen atoms in total. The fourth-order valence-corrected chi connectivity index (χ4v) is 1.59. The van der Waals surface area contributed by atoms with Gasteiger partial charge in [0.2, 0.25) is 0 Å². The van der Waals surface area contributed by atoms with E-state index in [-0.39, 0.29) is 5.82 Å². The van der Waals surface area contributed by atoms with Gasteiger partial charge in [0.05, 0.1) is 6.61 Å². The lowest BCUT2D eigenvalue weighted by molar-refractivity contribution is 0.299. The van der Waals surface area contributed by atoms with Crippen molar-refractivity contribution in [3.63, 3.8) is 0 Å². The molecular weight excluding hydrogens is 217 g/mol. The van der Waals surface area contributed by atoms with Crippen molar-refractivity contribution in [1.29, 1.82) is 0 Å². The lowest BCUT2D eigenvalue weighted by Crippen LogP contribution is -2.22. The standard InChI is InChI=1S/C14H20FNO/c1-10(2)16-8-12-7-13(5-6-14(12)15)17-9-11-3-4-11/h5-7,10-11,16H,3-4,8-9H2,1-2H3. The minimum atomic E-state index is -0.170. The lowest BCUT2D eigenvalue weighted by atomic mass is 10.2. The van der Waals surface area contributed by atoms with Gasteiger partial charge in [-0.3, -0.25) is 0 Å². The van der Waals surface area contributed by atoms with Crippen molar-refractivity contribution in [2.45, 2.75) is 39.3 Å². The summed E-state index contributed by atoms with van der Waals surface area (Å²) in [7, 11) is 0. The number of halogens is 1. The third-order valence-electron chi connectivity index (χ3n) is 2.90. The highest BCUT2D eigenvalue weighted by molar-refractivity contribution is 5.30. The molecule has 3 heteroatoms. The Morgan fingerprint density at radius 1 is 1.41 bits per heavy atom. The van der Waals surface area contributed by atoms with Crippen molar-refractivity contribution >= 4 is 0 Å². The number of nitrogens with one attached hydrogen (secondary N) is 1. The van der Waals surface area contributed by atoms with Gasteiger partial charge in [-0.2, -0.15) is 0 Å². The molecule has 0 aliphatic heterocycles. The van der Waals surface area contributed by atoms with Crippen LogP contribution in [0, 0.1) is 11.7 Å². The smallest absolute Gasteiger partial charge is 0.127 e. The van der Waals surface area contributed by atoms with Gasteiger partial charge in [0.1, 0.15) is 11.6 Å². The summed E-state index contributed by atoms with van der Waals surface area (Å²) in [4.78, 5) is 0. The fraction of sp³-hybridized carbons (Fsp3) is 0.571. The SMILES string of the molecule is CC(C)NCc1cc(OCC2CC2)ccc1F. The first-order valence-electron chi connectivity index (χ1n) is 6.30. The zero-order valence-corrected chi connectivity index (χ0v) is 10.5. The first kappa shape index (κ1) is 12.4. The van der Waals surface area contributed by atoms with Gasteiger partial charge < -0.3 is 10.1 Å². The molecule has 0 bridgehead atoms. The van der Waals surface area contributed by atoms with Crippen LogP contribution >= 0.6 is 0 Å². The topological polar surface area (TPSA) is 21.3 Å². The molecule has 0 spiro atoms. The molecule has 1 saturated carbocycles. The van der Waals surface area contributed by atoms with E-state index in [0.29, 0.717) is 18.2 Å². The van der Waals surface area contributed by atoms with Gasteiger partial charge in [-0.05, 0) is 37.0 Å². The van der Waals surface area contributed by atoms with Gasteiger partial charge in [0.15, 0.2) is 0 Å². The molecule has 1 fully saturated rings. The molecule has 0 radical (unpaired) electrons. The second kappa shape index (κ2) is 5.50. The van der Waals surface area contributed by atoms with Crippen LogP contribution in [0.4, 0.5) is 4.39 Å². The second-order valence-electron chi connectivity index (χ2n) is 5.04. The zero-order valence-electron chi connectivity index (χ0n) is 10.5. The number of ether oxygens (including phenoxy) is 1. The highest BCUT2D eigenvalue weighted by atomic mass is 19.1. The summed E-state index contributed by atoms with van der Waals surface area (Å²) in [5.41, 5.74) is 0.673. The van der Waals surface area contributed by atoms with Crippen molar-refractivity contribution in [1.82, 2.24) is 5.32 Å². The maximum absolute atomic E-state index is 13.5. The molecule has 0 heterocycles. The summed E-state index contributed by atoms with van der Waals surface area (Å²) in [5.74, 6) is 1.33. The minimum Gasteiger partial charge on any atom is -0.493 e. The van der Waals surface area contributed by atoms with Crippen molar-refractivity contribution in [2.75, 3.05) is 6.61 Å². The predicted molar refractivity (Wildman–Crippen MR) is 66.6 cm³/mol. The molecule has 94 valence electrons. The normalized spacial score (nSPS) is 15.3. The molecule has 0 unspecified atom stereocenters. The van der Waals surface area contributed by atoms with Crippen LogP contribution in [0.1, 0.15) is 32.3 Å². The molecule has 0 atom stereocenters. The van der Waals surface area contributed by atoms with E-state index in [2.05, 4.69) is 5.32 Å². The average Bonchev–Trinajstić information content (AvgIpc) is 3.10. The van der Waals surface area contributed by atoms with Crippen LogP contribution < -0.4 is 10.1 Å². The van der Waals surface area contributed by atoms with E-state index in [9.17, 15) is 4.39 Å². The van der Waals surface area contributed by atoms with Crippen molar-refractivity contribution in [3.8, 4) is 5.75 Å². The van der Waals surface area contributed by atoms with Gasteiger partial charge >= 0.3 is 0 Å². The third-order valence-corrected chi connectivity index (χ3v) is 2.90. The molecule has 2 rings (SSSR count). The third kappa shape index (κ3) is 4.00. The fourth-order valence-electron chi connectivity index (χ4n) is 1.59. The van der Waals surface area contributed by atoms with Crippen LogP contribution in [0.25, 0.3) is 0 Å². The van der Waals surface area contributed by atoms with E-state index < -0.39 is 0 Å². The number of benzene rings is 1. The van der Waals surface area contributed by atoms with Gasteiger partial charge in [-0.1, -0.05) is 13.8 Å². The Morgan fingerprint density at radius 3 is 2.82 bits per heavy atom. The number of hydrogen-bond donors (Lipinski definition) is 1. The molecule has 1 aliphatic carbocycles. The van der Waals surface area contributed by atoms with Gasteiger partial charge in [0.25, 0.3) is 0 Å². The Bertz CT molecular complexity index is 374. The first-order chi connectivity index (χ1) is 8.15. The Hall–Kier alpha value is -1.09. The number of hydrogen-bond acceptors (Lipinski definition) is 2. The predicted octanol–water partition coefficient (Wildman–Crippen LogP) is 3.11. The maximum atomic E-state index is 13.5. The quantitative estimate of drug-likeness (QED) is 0.820. The monoisotopic (exact) mass is 237 g/mol. The van der Waals surface area contributed by atoms with Crippen molar-refractivity contribution in [2.24, 2.45) is 5.92 Å². The van der Waals surface area contributed by atoms with Crippen LogP contribution in [0.2, 0.25) is 0 Å². The summed E-state index contributed by atoms with van der Waals surface area (Å²) in [6, 6.07) is 5.34. The summed E-state index contributed by atoms with van der Waals surface area (Å²) < 4.78 is 19.2. The van der Waals surface area contributed by atoms with Crippen LogP contribution in [0.3, 0.4) is 0 Å². The summed E-state index contributed by atoms with van der Waals surface area (Å²) >= 11 is 0. The van der Waals surface area contributed by atoms with Crippen molar-refractivity contribution in [3.05, 3.63) is 29.6 Å². The first-order valence-corrected chi connectivity index (χ1v) is 6.30. The maximum Gasteiger partial charge on any atom is 0.127 e. The van der Waals surface area contributed by atoms with Gasteiger partial charge in [-0.25, -0.2) is 4.39 Å². The van der Waals surface area contributed by atoms with E-state index in [4.69, 9.17) is 4.74 Å². The Morgan fingerprint density at radius 2 is 2.18 bits per heavy atom. The lowest BCUT2D eigenvalue weighted by Gasteiger charge is -2.11. The molecule has 0 amide bonds. The molecule has 1 aliphatic rings. The second-order valence-corrected chi connectivity index (χ2v) is 5.04. The summed E-state index contributed by atoms with van der Waals surface area (Å²) in [5, 5.41) is 3.21. The Labute approximate surface area is 102 Å². The highest BCUT2D eigenvalue weighted by Crippen LogP contribution is 2.29. The van der Waals surface area contributed by atoms with Gasteiger partial charge in [-0.15, -0.1) is 0 Å². The van der Waals surface area contributed by atoms with Gasteiger partial charge in [0, 0.05) is 18.2 Å². The van der Waals surface area contributed by atoms with Crippen LogP contribution in [-0.2, 0) is 6.54 Å². The van der Waals surface area contributed by atoms with Crippen LogP contribution in [0.5, 0.6) is 5.75 Å². The average molecular weight is 237 g/mol. The summed E-state index contributed by atoms with van der Waals surface area (Å²) in [6.07, 6.45) is 2.53. The van der Waals surface area contributed by atoms with E-state index in [1.807, 2.05) is 13.8 Å². The number of rotatable bonds is 6. The molecular formula is C14H20FNO. The van der Waals surface area contributed by atoms with Crippen LogP contribution in [-0.4, -0.2) is 12.6 Å². The molecule has 0 saturated heterocycles. The zero-order chi connectivity index (χ0) is 12.3. The van der Waals surface area contributed by atoms with E-state index >= 15 is 0 Å². The Balaban J connectivity index is 1.94. The molecule has 1 aromatic rings. The molecule has 17 heavy (non-hydrogen) atoms. The highest BCUT2D eigenvalue weighted by Gasteiger charge is 2.21. The minimum absolute atomic E-state index is 0.170. The van der Waals surface area contributed by atoms with E-state index in [1.54, 1.807) is 12.1 Å². The van der Waals surface area contributed by atoms with E-state index in [0.717, 1.165) is 18.3 Å². The Kier molecular flexibility index (Phi) is 4.00. The molecule has 1 aromatic carbocycles. The van der Waals surface area contributed by atoms with Crippen molar-refractivity contribution < 1.29 is 9.13 Å². The van der Waals surface area contributed by atoms with E-state index in [1.165, 1.54) is 18.9 Å². The largest absolute Gasteiger partial charge is 0.493 e. The summed E-state index contributed by atoms with van der Waals surface area (Å²) in [6.45, 7) is 5.41. The molecule has 0 aromatic heterocycles. The molecule has 1 N–H and O–H groups in total. The van der Waals surface area contributed by atoms with Crippen LogP contribution in [0.15, 0.2) is 18.2 Å².